The van der Waals surface area contributed by atoms with Gasteiger partial charge in [-0.25, -0.2) is 0 Å². The second-order valence-corrected chi connectivity index (χ2v) is 4.90. The molecule has 0 saturated heterocycles. The van der Waals surface area contributed by atoms with Crippen LogP contribution in [0.1, 0.15) is 21.5 Å². The number of anilines is 2. The summed E-state index contributed by atoms with van der Waals surface area (Å²) in [5.74, 6) is -0.162. The van der Waals surface area contributed by atoms with Crippen LogP contribution in [0.2, 0.25) is 5.02 Å². The quantitative estimate of drug-likeness (QED) is 0.819. The number of hydrogen-bond donors (Lipinski definition) is 2. The maximum absolute atomic E-state index is 12.1. The van der Waals surface area contributed by atoms with Gasteiger partial charge >= 0.3 is 0 Å². The molecule has 1 amide bonds. The van der Waals surface area contributed by atoms with E-state index < -0.39 is 0 Å². The second kappa shape index (κ2) is 5.33. The van der Waals surface area contributed by atoms with E-state index in [-0.39, 0.29) is 5.91 Å². The number of aryl methyl sites for hydroxylation is 2. The van der Waals surface area contributed by atoms with Crippen LogP contribution in [-0.2, 0) is 0 Å². The Balaban J connectivity index is 2.20. The normalized spacial score (nSPS) is 10.3. The van der Waals surface area contributed by atoms with Gasteiger partial charge in [-0.3, -0.25) is 4.79 Å². The number of amides is 1. The van der Waals surface area contributed by atoms with Crippen molar-refractivity contribution < 1.29 is 4.79 Å². The van der Waals surface area contributed by atoms with E-state index in [4.69, 9.17) is 17.3 Å². The molecule has 0 aliphatic heterocycles. The predicted molar refractivity (Wildman–Crippen MR) is 79.7 cm³/mol. The van der Waals surface area contributed by atoms with E-state index >= 15 is 0 Å². The van der Waals surface area contributed by atoms with E-state index in [0.717, 1.165) is 11.1 Å². The zero-order chi connectivity index (χ0) is 14.0. The third-order valence-corrected chi connectivity index (χ3v) is 3.37. The van der Waals surface area contributed by atoms with Crippen molar-refractivity contribution in [3.63, 3.8) is 0 Å². The summed E-state index contributed by atoms with van der Waals surface area (Å²) in [5.41, 5.74) is 9.64. The Morgan fingerprint density at radius 2 is 1.84 bits per heavy atom. The molecule has 0 aliphatic carbocycles. The van der Waals surface area contributed by atoms with Gasteiger partial charge in [0.2, 0.25) is 0 Å². The van der Waals surface area contributed by atoms with Crippen molar-refractivity contribution in [3.05, 3.63) is 58.1 Å². The number of benzene rings is 2. The average molecular weight is 275 g/mol. The number of nitrogens with one attached hydrogen (secondary N) is 1. The molecule has 0 aromatic heterocycles. The standard InChI is InChI=1S/C15H15ClN2O/c1-9-3-4-11(7-10(9)2)15(19)18-12-5-6-13(16)14(17)8-12/h3-8H,17H2,1-2H3,(H,18,19). The van der Waals surface area contributed by atoms with Crippen molar-refractivity contribution in [3.8, 4) is 0 Å². The van der Waals surface area contributed by atoms with Gasteiger partial charge in [0.1, 0.15) is 0 Å². The molecule has 0 unspecified atom stereocenters. The SMILES string of the molecule is Cc1ccc(C(=O)Nc2ccc(Cl)c(N)c2)cc1C. The Morgan fingerprint density at radius 3 is 2.47 bits per heavy atom. The van der Waals surface area contributed by atoms with Crippen LogP contribution in [-0.4, -0.2) is 5.91 Å². The molecule has 0 bridgehead atoms. The highest BCUT2D eigenvalue weighted by atomic mass is 35.5. The van der Waals surface area contributed by atoms with E-state index in [2.05, 4.69) is 5.32 Å². The average Bonchev–Trinajstić information content (AvgIpc) is 2.37. The zero-order valence-electron chi connectivity index (χ0n) is 10.8. The lowest BCUT2D eigenvalue weighted by Gasteiger charge is -2.08. The number of rotatable bonds is 2. The first-order chi connectivity index (χ1) is 8.97. The molecule has 98 valence electrons. The Kier molecular flexibility index (Phi) is 3.76. The number of hydrogen-bond acceptors (Lipinski definition) is 2. The van der Waals surface area contributed by atoms with Gasteiger partial charge in [0.25, 0.3) is 5.91 Å². The van der Waals surface area contributed by atoms with Gasteiger partial charge in [0.15, 0.2) is 0 Å². The molecule has 2 aromatic carbocycles. The monoisotopic (exact) mass is 274 g/mol. The minimum Gasteiger partial charge on any atom is -0.397 e. The summed E-state index contributed by atoms with van der Waals surface area (Å²) in [4.78, 5) is 12.1. The van der Waals surface area contributed by atoms with Gasteiger partial charge in [-0.05, 0) is 55.3 Å². The number of carbonyl (C=O) groups is 1. The molecular formula is C15H15ClN2O. The maximum atomic E-state index is 12.1. The lowest BCUT2D eigenvalue weighted by molar-refractivity contribution is 0.102. The van der Waals surface area contributed by atoms with Crippen LogP contribution in [0.5, 0.6) is 0 Å². The van der Waals surface area contributed by atoms with Crippen molar-refractivity contribution in [1.82, 2.24) is 0 Å². The van der Waals surface area contributed by atoms with Crippen molar-refractivity contribution in [2.75, 3.05) is 11.1 Å². The van der Waals surface area contributed by atoms with Crippen LogP contribution in [0.25, 0.3) is 0 Å². The topological polar surface area (TPSA) is 55.1 Å². The molecule has 0 spiro atoms. The molecule has 0 fully saturated rings. The molecule has 0 aliphatic rings. The van der Waals surface area contributed by atoms with Crippen LogP contribution < -0.4 is 11.1 Å². The molecule has 2 rings (SSSR count). The van der Waals surface area contributed by atoms with Crippen molar-refractivity contribution in [2.45, 2.75) is 13.8 Å². The Labute approximate surface area is 117 Å². The van der Waals surface area contributed by atoms with Gasteiger partial charge < -0.3 is 11.1 Å². The molecule has 2 aromatic rings. The fourth-order valence-corrected chi connectivity index (χ4v) is 1.82. The Morgan fingerprint density at radius 1 is 1.11 bits per heavy atom. The van der Waals surface area contributed by atoms with E-state index in [1.54, 1.807) is 24.3 Å². The molecule has 3 N–H and O–H groups in total. The lowest BCUT2D eigenvalue weighted by atomic mass is 10.1. The van der Waals surface area contributed by atoms with Gasteiger partial charge in [-0.1, -0.05) is 17.7 Å². The number of nitrogen functional groups attached to an aromatic ring is 1. The Bertz CT molecular complexity index is 638. The van der Waals surface area contributed by atoms with Gasteiger partial charge in [-0.15, -0.1) is 0 Å². The smallest absolute Gasteiger partial charge is 0.255 e. The minimum atomic E-state index is -0.162. The third-order valence-electron chi connectivity index (χ3n) is 3.02. The largest absolute Gasteiger partial charge is 0.397 e. The van der Waals surface area contributed by atoms with Crippen LogP contribution in [0.4, 0.5) is 11.4 Å². The minimum absolute atomic E-state index is 0.162. The first kappa shape index (κ1) is 13.4. The third kappa shape index (κ3) is 3.06. The number of halogens is 1. The zero-order valence-corrected chi connectivity index (χ0v) is 11.6. The first-order valence-electron chi connectivity index (χ1n) is 5.91. The fraction of sp³-hybridized carbons (Fsp3) is 0.133. The molecule has 4 heteroatoms. The number of carbonyl (C=O) groups excluding carboxylic acids is 1. The van der Waals surface area contributed by atoms with Gasteiger partial charge in [0, 0.05) is 11.3 Å². The molecule has 0 atom stereocenters. The highest BCUT2D eigenvalue weighted by molar-refractivity contribution is 6.33. The second-order valence-electron chi connectivity index (χ2n) is 4.49. The first-order valence-corrected chi connectivity index (χ1v) is 6.29. The number of nitrogens with two attached hydrogens (primary N) is 1. The van der Waals surface area contributed by atoms with E-state index in [1.165, 1.54) is 0 Å². The molecule has 19 heavy (non-hydrogen) atoms. The van der Waals surface area contributed by atoms with Crippen LogP contribution in [0, 0.1) is 13.8 Å². The summed E-state index contributed by atoms with van der Waals surface area (Å²) in [6, 6.07) is 10.6. The predicted octanol–water partition coefficient (Wildman–Crippen LogP) is 3.79. The van der Waals surface area contributed by atoms with Gasteiger partial charge in [-0.2, -0.15) is 0 Å². The summed E-state index contributed by atoms with van der Waals surface area (Å²) in [6.45, 7) is 3.99. The lowest BCUT2D eigenvalue weighted by Crippen LogP contribution is -2.12. The van der Waals surface area contributed by atoms with Crippen molar-refractivity contribution in [2.24, 2.45) is 0 Å². The van der Waals surface area contributed by atoms with Crippen molar-refractivity contribution in [1.29, 1.82) is 0 Å². The Hall–Kier alpha value is -2.00. The molecule has 3 nitrogen and oxygen atoms in total. The van der Waals surface area contributed by atoms with E-state index in [9.17, 15) is 4.79 Å². The summed E-state index contributed by atoms with van der Waals surface area (Å²) < 4.78 is 0. The van der Waals surface area contributed by atoms with Crippen LogP contribution in [0.3, 0.4) is 0 Å². The fourth-order valence-electron chi connectivity index (χ4n) is 1.71. The van der Waals surface area contributed by atoms with Crippen LogP contribution >= 0.6 is 11.6 Å². The highest BCUT2D eigenvalue weighted by Crippen LogP contribution is 2.22. The van der Waals surface area contributed by atoms with E-state index in [1.807, 2.05) is 26.0 Å². The molecule has 0 saturated carbocycles. The van der Waals surface area contributed by atoms with Gasteiger partial charge in [0.05, 0.1) is 10.7 Å². The summed E-state index contributed by atoms with van der Waals surface area (Å²) >= 11 is 5.83. The molecule has 0 radical (unpaired) electrons. The summed E-state index contributed by atoms with van der Waals surface area (Å²) in [6.07, 6.45) is 0. The van der Waals surface area contributed by atoms with Crippen LogP contribution in [0.15, 0.2) is 36.4 Å². The highest BCUT2D eigenvalue weighted by Gasteiger charge is 2.08. The maximum Gasteiger partial charge on any atom is 0.255 e. The molecule has 0 heterocycles. The molecular weight excluding hydrogens is 260 g/mol. The van der Waals surface area contributed by atoms with Crippen molar-refractivity contribution >= 4 is 28.9 Å². The summed E-state index contributed by atoms with van der Waals surface area (Å²) in [7, 11) is 0. The van der Waals surface area contributed by atoms with E-state index in [0.29, 0.717) is 22.0 Å². The summed E-state index contributed by atoms with van der Waals surface area (Å²) in [5, 5.41) is 3.27.